The van der Waals surface area contributed by atoms with Gasteiger partial charge in [-0.25, -0.2) is 8.42 Å². The molecule has 2 aromatic rings. The zero-order valence-corrected chi connectivity index (χ0v) is 20.2. The highest BCUT2D eigenvalue weighted by Crippen LogP contribution is 2.23. The molecule has 0 N–H and O–H groups in total. The number of benzene rings is 2. The van der Waals surface area contributed by atoms with E-state index in [-0.39, 0.29) is 5.91 Å². The van der Waals surface area contributed by atoms with Crippen molar-refractivity contribution in [3.05, 3.63) is 53.6 Å². The topological polar surface area (TPSA) is 70.2 Å². The first-order valence-electron chi connectivity index (χ1n) is 10.9. The maximum Gasteiger partial charge on any atom is 0.232 e. The van der Waals surface area contributed by atoms with Gasteiger partial charge in [-0.05, 0) is 67.8 Å². The summed E-state index contributed by atoms with van der Waals surface area (Å²) in [6.45, 7) is 7.13. The minimum absolute atomic E-state index is 0.0768. The molecule has 0 radical (unpaired) electrons. The van der Waals surface area contributed by atoms with Crippen molar-refractivity contribution in [3.63, 3.8) is 0 Å². The normalized spacial score (nSPS) is 14.4. The first-order chi connectivity index (χ1) is 15.2. The molecule has 8 heteroatoms. The molecule has 0 spiro atoms. The van der Waals surface area contributed by atoms with Crippen LogP contribution in [0.3, 0.4) is 0 Å². The van der Waals surface area contributed by atoms with Gasteiger partial charge in [0.2, 0.25) is 15.9 Å². The van der Waals surface area contributed by atoms with E-state index in [0.29, 0.717) is 38.2 Å². The van der Waals surface area contributed by atoms with Crippen LogP contribution in [-0.4, -0.2) is 65.3 Å². The Labute approximate surface area is 191 Å². The van der Waals surface area contributed by atoms with Crippen molar-refractivity contribution in [3.8, 4) is 5.75 Å². The van der Waals surface area contributed by atoms with Crippen LogP contribution in [-0.2, 0) is 14.8 Å². The monoisotopic (exact) mass is 459 g/mol. The fraction of sp³-hybridized carbons (Fsp3) is 0.458. The van der Waals surface area contributed by atoms with Crippen LogP contribution < -0.4 is 13.9 Å². The molecule has 0 bridgehead atoms. The van der Waals surface area contributed by atoms with E-state index in [4.69, 9.17) is 4.74 Å². The fourth-order valence-electron chi connectivity index (χ4n) is 3.91. The Bertz CT molecular complexity index is 1030. The molecule has 0 aromatic heterocycles. The van der Waals surface area contributed by atoms with Gasteiger partial charge in [0.05, 0.1) is 19.1 Å². The zero-order valence-electron chi connectivity index (χ0n) is 19.4. The highest BCUT2D eigenvalue weighted by molar-refractivity contribution is 7.92. The second-order valence-corrected chi connectivity index (χ2v) is 10.2. The van der Waals surface area contributed by atoms with Gasteiger partial charge in [-0.1, -0.05) is 6.07 Å². The van der Waals surface area contributed by atoms with Gasteiger partial charge in [0.25, 0.3) is 0 Å². The molecule has 3 rings (SSSR count). The lowest BCUT2D eigenvalue weighted by atomic mass is 10.1. The van der Waals surface area contributed by atoms with E-state index >= 15 is 0 Å². The molecular weight excluding hydrogens is 426 g/mol. The largest absolute Gasteiger partial charge is 0.497 e. The van der Waals surface area contributed by atoms with Crippen LogP contribution in [0.1, 0.15) is 24.0 Å². The summed E-state index contributed by atoms with van der Waals surface area (Å²) in [6, 6.07) is 13.6. The number of anilines is 2. The molecule has 7 nitrogen and oxygen atoms in total. The number of methoxy groups -OCH3 is 1. The Morgan fingerprint density at radius 3 is 2.22 bits per heavy atom. The van der Waals surface area contributed by atoms with Gasteiger partial charge in [0, 0.05) is 44.8 Å². The summed E-state index contributed by atoms with van der Waals surface area (Å²) < 4.78 is 31.3. The van der Waals surface area contributed by atoms with Gasteiger partial charge in [-0.3, -0.25) is 9.10 Å². The van der Waals surface area contributed by atoms with Crippen molar-refractivity contribution in [1.82, 2.24) is 4.90 Å². The van der Waals surface area contributed by atoms with E-state index < -0.39 is 10.0 Å². The SMILES string of the molecule is COc1ccc(N2CCN(C(=O)CCCN(c3ccc(C)c(C)c3)S(C)(=O)=O)CC2)cc1. The van der Waals surface area contributed by atoms with Crippen LogP contribution >= 0.6 is 0 Å². The average Bonchev–Trinajstić information content (AvgIpc) is 2.78. The molecule has 1 aliphatic heterocycles. The standard InChI is InChI=1S/C24H33N3O4S/c1-19-7-8-22(18-20(19)2)27(32(4,29)30)13-5-6-24(28)26-16-14-25(15-17-26)21-9-11-23(31-3)12-10-21/h7-12,18H,5-6,13-17H2,1-4H3. The number of ether oxygens (including phenoxy) is 1. The predicted octanol–water partition coefficient (Wildman–Crippen LogP) is 3.21. The summed E-state index contributed by atoms with van der Waals surface area (Å²) in [7, 11) is -1.77. The molecule has 1 amide bonds. The van der Waals surface area contributed by atoms with Crippen molar-refractivity contribution >= 4 is 27.3 Å². The quantitative estimate of drug-likeness (QED) is 0.606. The highest BCUT2D eigenvalue weighted by Gasteiger charge is 2.23. The molecule has 1 aliphatic rings. The Balaban J connectivity index is 1.52. The van der Waals surface area contributed by atoms with E-state index in [2.05, 4.69) is 4.90 Å². The van der Waals surface area contributed by atoms with Gasteiger partial charge in [0.15, 0.2) is 0 Å². The summed E-state index contributed by atoms with van der Waals surface area (Å²) in [5, 5.41) is 0. The van der Waals surface area contributed by atoms with Crippen molar-refractivity contribution in [2.45, 2.75) is 26.7 Å². The number of sulfonamides is 1. The minimum Gasteiger partial charge on any atom is -0.497 e. The Morgan fingerprint density at radius 2 is 1.66 bits per heavy atom. The van der Waals surface area contributed by atoms with Crippen molar-refractivity contribution in [1.29, 1.82) is 0 Å². The molecule has 174 valence electrons. The molecule has 0 atom stereocenters. The van der Waals surface area contributed by atoms with E-state index in [0.717, 1.165) is 35.7 Å². The number of aryl methyl sites for hydroxylation is 2. The number of carbonyl (C=O) groups is 1. The van der Waals surface area contributed by atoms with E-state index in [1.54, 1.807) is 7.11 Å². The number of carbonyl (C=O) groups excluding carboxylic acids is 1. The molecule has 0 aliphatic carbocycles. The number of rotatable bonds is 8. The maximum atomic E-state index is 12.7. The maximum absolute atomic E-state index is 12.7. The molecule has 2 aromatic carbocycles. The number of hydrogen-bond donors (Lipinski definition) is 0. The molecule has 32 heavy (non-hydrogen) atoms. The second kappa shape index (κ2) is 10.3. The first kappa shape index (κ1) is 23.9. The van der Waals surface area contributed by atoms with Crippen molar-refractivity contribution < 1.29 is 17.9 Å². The van der Waals surface area contributed by atoms with Gasteiger partial charge in [-0.2, -0.15) is 0 Å². The van der Waals surface area contributed by atoms with Crippen LogP contribution in [0.5, 0.6) is 5.75 Å². The van der Waals surface area contributed by atoms with Crippen LogP contribution in [0, 0.1) is 13.8 Å². The average molecular weight is 460 g/mol. The van der Waals surface area contributed by atoms with Crippen LogP contribution in [0.2, 0.25) is 0 Å². The van der Waals surface area contributed by atoms with Gasteiger partial charge in [-0.15, -0.1) is 0 Å². The Kier molecular flexibility index (Phi) is 7.66. The third kappa shape index (κ3) is 5.94. The number of amides is 1. The predicted molar refractivity (Wildman–Crippen MR) is 129 cm³/mol. The number of nitrogens with zero attached hydrogens (tertiary/aromatic N) is 3. The summed E-state index contributed by atoms with van der Waals surface area (Å²) in [5.41, 5.74) is 3.93. The van der Waals surface area contributed by atoms with Crippen LogP contribution in [0.25, 0.3) is 0 Å². The second-order valence-electron chi connectivity index (χ2n) is 8.27. The molecule has 1 saturated heterocycles. The van der Waals surface area contributed by atoms with E-state index in [1.807, 2.05) is 61.2 Å². The van der Waals surface area contributed by atoms with E-state index in [9.17, 15) is 13.2 Å². The fourth-order valence-corrected chi connectivity index (χ4v) is 4.86. The van der Waals surface area contributed by atoms with E-state index in [1.165, 1.54) is 10.6 Å². The Morgan fingerprint density at radius 1 is 1.00 bits per heavy atom. The summed E-state index contributed by atoms with van der Waals surface area (Å²) in [6.07, 6.45) is 2.03. The zero-order chi connectivity index (χ0) is 23.3. The van der Waals surface area contributed by atoms with Crippen LogP contribution in [0.4, 0.5) is 11.4 Å². The molecule has 1 fully saturated rings. The van der Waals surface area contributed by atoms with Crippen molar-refractivity contribution in [2.75, 3.05) is 55.3 Å². The lowest BCUT2D eigenvalue weighted by Gasteiger charge is -2.36. The lowest BCUT2D eigenvalue weighted by Crippen LogP contribution is -2.48. The number of hydrogen-bond acceptors (Lipinski definition) is 5. The smallest absolute Gasteiger partial charge is 0.232 e. The summed E-state index contributed by atoms with van der Waals surface area (Å²) >= 11 is 0. The minimum atomic E-state index is -3.42. The van der Waals surface area contributed by atoms with Gasteiger partial charge >= 0.3 is 0 Å². The Hall–Kier alpha value is -2.74. The lowest BCUT2D eigenvalue weighted by molar-refractivity contribution is -0.131. The summed E-state index contributed by atoms with van der Waals surface area (Å²) in [5.74, 6) is 0.902. The van der Waals surface area contributed by atoms with Gasteiger partial charge in [0.1, 0.15) is 5.75 Å². The molecule has 0 saturated carbocycles. The van der Waals surface area contributed by atoms with Gasteiger partial charge < -0.3 is 14.5 Å². The molecule has 1 heterocycles. The molecular formula is C24H33N3O4S. The number of piperazine rings is 1. The third-order valence-corrected chi connectivity index (χ3v) is 7.19. The van der Waals surface area contributed by atoms with Crippen LogP contribution in [0.15, 0.2) is 42.5 Å². The highest BCUT2D eigenvalue weighted by atomic mass is 32.2. The summed E-state index contributed by atoms with van der Waals surface area (Å²) in [4.78, 5) is 16.8. The first-order valence-corrected chi connectivity index (χ1v) is 12.8. The molecule has 0 unspecified atom stereocenters. The third-order valence-electron chi connectivity index (χ3n) is 6.00. The van der Waals surface area contributed by atoms with Crippen molar-refractivity contribution in [2.24, 2.45) is 0 Å².